The highest BCUT2D eigenvalue weighted by atomic mass is 16.7. The zero-order valence-corrected chi connectivity index (χ0v) is 13.2. The molecule has 1 aromatic rings. The number of carbonyl (C=O) groups excluding carboxylic acids is 1. The van der Waals surface area contributed by atoms with Gasteiger partial charge in [-0.15, -0.1) is 5.06 Å². The van der Waals surface area contributed by atoms with Gasteiger partial charge in [0.05, 0.1) is 19.3 Å². The molecule has 3 rings (SSSR count). The number of hydrogen-bond acceptors (Lipinski definition) is 5. The van der Waals surface area contributed by atoms with Gasteiger partial charge in [0.2, 0.25) is 0 Å². The predicted octanol–water partition coefficient (Wildman–Crippen LogP) is 2.41. The average Bonchev–Trinajstić information content (AvgIpc) is 2.77. The smallest absolute Gasteiger partial charge is 0.319 e. The second-order valence-corrected chi connectivity index (χ2v) is 5.77. The number of methoxy groups -OCH3 is 1. The number of hydrogen-bond donors (Lipinski definition) is 0. The van der Waals surface area contributed by atoms with E-state index < -0.39 is 11.5 Å². The van der Waals surface area contributed by atoms with Gasteiger partial charge in [-0.3, -0.25) is 4.79 Å². The van der Waals surface area contributed by atoms with Gasteiger partial charge in [-0.2, -0.15) is 0 Å². The molecule has 0 spiro atoms. The van der Waals surface area contributed by atoms with E-state index in [-0.39, 0.29) is 5.97 Å². The van der Waals surface area contributed by atoms with Gasteiger partial charge in [0.15, 0.2) is 0 Å². The highest BCUT2D eigenvalue weighted by Crippen LogP contribution is 2.50. The summed E-state index contributed by atoms with van der Waals surface area (Å²) in [4.78, 5) is 18.2. The number of nitrogens with zero attached hydrogens (tertiary/aromatic N) is 1. The number of ether oxygens (including phenoxy) is 2. The second kappa shape index (κ2) is 5.32. The van der Waals surface area contributed by atoms with Crippen LogP contribution in [0.4, 0.5) is 0 Å². The van der Waals surface area contributed by atoms with Crippen LogP contribution >= 0.6 is 0 Å². The van der Waals surface area contributed by atoms with Crippen molar-refractivity contribution in [3.8, 4) is 5.75 Å². The Morgan fingerprint density at radius 1 is 1.55 bits per heavy atom. The molecule has 0 amide bonds. The van der Waals surface area contributed by atoms with E-state index in [1.165, 1.54) is 5.56 Å². The van der Waals surface area contributed by atoms with Gasteiger partial charge in [0.1, 0.15) is 17.4 Å². The number of hydroxylamine groups is 2. The van der Waals surface area contributed by atoms with Crippen LogP contribution in [0.2, 0.25) is 0 Å². The van der Waals surface area contributed by atoms with Crippen molar-refractivity contribution >= 4 is 5.97 Å². The zero-order chi connectivity index (χ0) is 15.9. The van der Waals surface area contributed by atoms with Crippen molar-refractivity contribution in [2.24, 2.45) is 5.92 Å². The Balaban J connectivity index is 2.08. The maximum Gasteiger partial charge on any atom is 0.319 e. The Hall–Kier alpha value is -2.01. The largest absolute Gasteiger partial charge is 0.497 e. The first-order valence-electron chi connectivity index (χ1n) is 7.50. The molecule has 1 aromatic carbocycles. The molecule has 5 heteroatoms. The van der Waals surface area contributed by atoms with Gasteiger partial charge < -0.3 is 14.3 Å². The third kappa shape index (κ3) is 2.00. The molecule has 0 aromatic heterocycles. The molecule has 0 saturated carbocycles. The molecular formula is C17H21NO4. The highest BCUT2D eigenvalue weighted by molar-refractivity contribution is 5.78. The van der Waals surface area contributed by atoms with E-state index in [9.17, 15) is 4.79 Å². The van der Waals surface area contributed by atoms with Crippen LogP contribution in [-0.2, 0) is 26.3 Å². The van der Waals surface area contributed by atoms with Crippen LogP contribution in [0.15, 0.2) is 30.5 Å². The fraction of sp³-hybridized carbons (Fsp3) is 0.471. The van der Waals surface area contributed by atoms with Crippen molar-refractivity contribution < 1.29 is 19.1 Å². The molecule has 5 nitrogen and oxygen atoms in total. The highest BCUT2D eigenvalue weighted by Gasteiger charge is 2.57. The van der Waals surface area contributed by atoms with Crippen molar-refractivity contribution in [1.82, 2.24) is 5.06 Å². The first-order chi connectivity index (χ1) is 10.5. The fourth-order valence-electron chi connectivity index (χ4n) is 3.52. The van der Waals surface area contributed by atoms with E-state index in [4.69, 9.17) is 14.3 Å². The summed E-state index contributed by atoms with van der Waals surface area (Å²) >= 11 is 0. The van der Waals surface area contributed by atoms with Gasteiger partial charge in [-0.05, 0) is 43.5 Å². The molecule has 0 bridgehead atoms. The minimum absolute atomic E-state index is 0.291. The molecule has 1 fully saturated rings. The van der Waals surface area contributed by atoms with E-state index in [0.717, 1.165) is 17.7 Å². The lowest BCUT2D eigenvalue weighted by molar-refractivity contribution is -0.161. The number of benzene rings is 1. The zero-order valence-electron chi connectivity index (χ0n) is 13.2. The van der Waals surface area contributed by atoms with E-state index >= 15 is 0 Å². The van der Waals surface area contributed by atoms with Gasteiger partial charge >= 0.3 is 5.97 Å². The lowest BCUT2D eigenvalue weighted by Gasteiger charge is -2.40. The van der Waals surface area contributed by atoms with E-state index in [1.807, 2.05) is 30.2 Å². The lowest BCUT2D eigenvalue weighted by Crippen LogP contribution is -2.49. The van der Waals surface area contributed by atoms with Crippen molar-refractivity contribution in [3.63, 3.8) is 0 Å². The number of esters is 1. The van der Waals surface area contributed by atoms with Crippen LogP contribution in [-0.4, -0.2) is 31.3 Å². The first kappa shape index (κ1) is 14.9. The maximum absolute atomic E-state index is 12.4. The van der Waals surface area contributed by atoms with Crippen molar-refractivity contribution in [1.29, 1.82) is 0 Å². The summed E-state index contributed by atoms with van der Waals surface area (Å²) in [6.45, 7) is 8.78. The molecule has 2 aliphatic heterocycles. The molecule has 2 unspecified atom stereocenters. The first-order valence-corrected chi connectivity index (χ1v) is 7.50. The molecule has 0 aliphatic carbocycles. The minimum Gasteiger partial charge on any atom is -0.497 e. The van der Waals surface area contributed by atoms with Gasteiger partial charge in [-0.1, -0.05) is 12.6 Å². The van der Waals surface area contributed by atoms with Gasteiger partial charge in [-0.25, -0.2) is 0 Å². The summed E-state index contributed by atoms with van der Waals surface area (Å²) in [5.74, 6) is 0.451. The molecule has 0 N–H and O–H groups in total. The predicted molar refractivity (Wildman–Crippen MR) is 81.1 cm³/mol. The van der Waals surface area contributed by atoms with Crippen LogP contribution in [0.1, 0.15) is 25.0 Å². The topological polar surface area (TPSA) is 48.0 Å². The van der Waals surface area contributed by atoms with Crippen LogP contribution in [0, 0.1) is 5.92 Å². The molecule has 1 saturated heterocycles. The summed E-state index contributed by atoms with van der Waals surface area (Å²) in [7, 11) is 1.65. The molecule has 2 atom stereocenters. The lowest BCUT2D eigenvalue weighted by atomic mass is 9.74. The molecular weight excluding hydrogens is 282 g/mol. The summed E-state index contributed by atoms with van der Waals surface area (Å²) in [5, 5.41) is 1.85. The third-order valence-electron chi connectivity index (χ3n) is 4.59. The third-order valence-corrected chi connectivity index (χ3v) is 4.59. The molecule has 2 aliphatic rings. The Bertz CT molecular complexity index is 627. The maximum atomic E-state index is 12.4. The van der Waals surface area contributed by atoms with Gasteiger partial charge in [0, 0.05) is 6.54 Å². The van der Waals surface area contributed by atoms with Gasteiger partial charge in [0.25, 0.3) is 0 Å². The Morgan fingerprint density at radius 3 is 3.00 bits per heavy atom. The summed E-state index contributed by atoms with van der Waals surface area (Å²) in [6, 6.07) is 5.95. The number of fused-ring (bicyclic) bond motifs is 3. The quantitative estimate of drug-likeness (QED) is 0.803. The SMILES string of the molecule is C=C1ON2CCc3cc(OC)ccc3C2(C)C1C(=O)OCC. The van der Waals surface area contributed by atoms with Crippen molar-refractivity contribution in [2.75, 3.05) is 20.3 Å². The fourth-order valence-corrected chi connectivity index (χ4v) is 3.52. The molecule has 2 heterocycles. The number of carbonyl (C=O) groups is 1. The minimum atomic E-state index is -0.594. The summed E-state index contributed by atoms with van der Waals surface area (Å²) in [5.41, 5.74) is 1.64. The van der Waals surface area contributed by atoms with E-state index in [2.05, 4.69) is 6.58 Å². The molecule has 22 heavy (non-hydrogen) atoms. The summed E-state index contributed by atoms with van der Waals surface area (Å²) in [6.07, 6.45) is 0.838. The Labute approximate surface area is 130 Å². The second-order valence-electron chi connectivity index (χ2n) is 5.77. The van der Waals surface area contributed by atoms with E-state index in [0.29, 0.717) is 18.9 Å². The molecule has 118 valence electrons. The number of rotatable bonds is 3. The van der Waals surface area contributed by atoms with Crippen LogP contribution in [0.3, 0.4) is 0 Å². The van der Waals surface area contributed by atoms with Crippen LogP contribution in [0.25, 0.3) is 0 Å². The average molecular weight is 303 g/mol. The normalized spacial score (nSPS) is 26.9. The van der Waals surface area contributed by atoms with Crippen LogP contribution in [0.5, 0.6) is 5.75 Å². The molecule has 0 radical (unpaired) electrons. The van der Waals surface area contributed by atoms with E-state index in [1.54, 1.807) is 14.0 Å². The Morgan fingerprint density at radius 2 is 2.32 bits per heavy atom. The standard InChI is InChI=1S/C17H21NO4/c1-5-21-16(19)15-11(2)22-18-9-8-12-10-13(20-4)6-7-14(12)17(15,18)3/h6-7,10,15H,2,5,8-9H2,1,3-4H3. The summed E-state index contributed by atoms with van der Waals surface area (Å²) < 4.78 is 10.5. The Kier molecular flexibility index (Phi) is 3.60. The monoisotopic (exact) mass is 303 g/mol. The van der Waals surface area contributed by atoms with Crippen molar-refractivity contribution in [3.05, 3.63) is 41.7 Å². The van der Waals surface area contributed by atoms with Crippen LogP contribution < -0.4 is 4.74 Å². The van der Waals surface area contributed by atoms with Crippen molar-refractivity contribution in [2.45, 2.75) is 25.8 Å².